The molecule has 0 amide bonds. The first-order chi connectivity index (χ1) is 11.4. The average molecular weight is 336 g/mol. The highest BCUT2D eigenvalue weighted by molar-refractivity contribution is 5.79. The minimum Gasteiger partial charge on any atom is -0.258 e. The SMILES string of the molecule is O=[N+]([O-])c1cc([N+](=O)[O-])c(N=CC2CCCCCC2)c([N+](=O)[O-])c1. The second-order valence-corrected chi connectivity index (χ2v) is 5.63. The van der Waals surface area contributed by atoms with Crippen molar-refractivity contribution in [1.82, 2.24) is 0 Å². The molecule has 1 saturated carbocycles. The largest absolute Gasteiger partial charge is 0.308 e. The second-order valence-electron chi connectivity index (χ2n) is 5.63. The van der Waals surface area contributed by atoms with Gasteiger partial charge in [0, 0.05) is 6.21 Å². The van der Waals surface area contributed by atoms with E-state index in [1.54, 1.807) is 0 Å². The predicted molar refractivity (Wildman–Crippen MR) is 85.7 cm³/mol. The molecule has 2 rings (SSSR count). The normalized spacial score (nSPS) is 16.0. The van der Waals surface area contributed by atoms with Crippen LogP contribution in [-0.2, 0) is 0 Å². The van der Waals surface area contributed by atoms with E-state index in [4.69, 9.17) is 0 Å². The maximum absolute atomic E-state index is 11.2. The van der Waals surface area contributed by atoms with Crippen LogP contribution in [0.5, 0.6) is 0 Å². The number of nitrogens with zero attached hydrogens (tertiary/aromatic N) is 4. The third-order valence-corrected chi connectivity index (χ3v) is 3.97. The molecule has 0 aromatic heterocycles. The van der Waals surface area contributed by atoms with Gasteiger partial charge >= 0.3 is 11.4 Å². The van der Waals surface area contributed by atoms with Crippen molar-refractivity contribution in [2.24, 2.45) is 10.9 Å². The Kier molecular flexibility index (Phi) is 5.51. The van der Waals surface area contributed by atoms with Gasteiger partial charge in [-0.2, -0.15) is 0 Å². The van der Waals surface area contributed by atoms with Crippen molar-refractivity contribution in [3.05, 3.63) is 42.5 Å². The highest BCUT2D eigenvalue weighted by atomic mass is 16.6. The quantitative estimate of drug-likeness (QED) is 0.343. The molecule has 128 valence electrons. The molecule has 0 spiro atoms. The van der Waals surface area contributed by atoms with Crippen molar-refractivity contribution in [2.45, 2.75) is 38.5 Å². The summed E-state index contributed by atoms with van der Waals surface area (Å²) >= 11 is 0. The summed E-state index contributed by atoms with van der Waals surface area (Å²) in [6, 6.07) is 1.40. The lowest BCUT2D eigenvalue weighted by Gasteiger charge is -2.07. The van der Waals surface area contributed by atoms with Gasteiger partial charge in [-0.1, -0.05) is 25.7 Å². The lowest BCUT2D eigenvalue weighted by Crippen LogP contribution is -2.01. The van der Waals surface area contributed by atoms with Crippen molar-refractivity contribution in [1.29, 1.82) is 0 Å². The van der Waals surface area contributed by atoms with Crippen LogP contribution in [0.1, 0.15) is 38.5 Å². The van der Waals surface area contributed by atoms with Crippen LogP contribution >= 0.6 is 0 Å². The zero-order valence-corrected chi connectivity index (χ0v) is 12.8. The molecule has 0 aliphatic heterocycles. The smallest absolute Gasteiger partial charge is 0.258 e. The van der Waals surface area contributed by atoms with E-state index < -0.39 is 37.5 Å². The van der Waals surface area contributed by atoms with Gasteiger partial charge in [0.15, 0.2) is 0 Å². The van der Waals surface area contributed by atoms with E-state index in [2.05, 4.69) is 4.99 Å². The van der Waals surface area contributed by atoms with Crippen LogP contribution in [0.4, 0.5) is 22.7 Å². The van der Waals surface area contributed by atoms with Gasteiger partial charge in [-0.3, -0.25) is 30.3 Å². The summed E-state index contributed by atoms with van der Waals surface area (Å²) in [4.78, 5) is 34.5. The van der Waals surface area contributed by atoms with Crippen LogP contribution in [0.2, 0.25) is 0 Å². The number of aliphatic imine (C=N–C) groups is 1. The number of nitro benzene ring substituents is 3. The zero-order valence-electron chi connectivity index (χ0n) is 12.8. The van der Waals surface area contributed by atoms with Crippen molar-refractivity contribution >= 4 is 29.0 Å². The zero-order chi connectivity index (χ0) is 17.7. The first-order valence-electron chi connectivity index (χ1n) is 7.55. The van der Waals surface area contributed by atoms with E-state index in [1.807, 2.05) is 0 Å². The fourth-order valence-electron chi connectivity index (χ4n) is 2.75. The molecule has 0 bridgehead atoms. The molecule has 1 aliphatic carbocycles. The highest BCUT2D eigenvalue weighted by Crippen LogP contribution is 2.40. The molecule has 1 fully saturated rings. The summed E-state index contributed by atoms with van der Waals surface area (Å²) in [6.45, 7) is 0. The van der Waals surface area contributed by atoms with Crippen molar-refractivity contribution in [3.8, 4) is 0 Å². The van der Waals surface area contributed by atoms with E-state index in [9.17, 15) is 30.3 Å². The molecule has 10 heteroatoms. The molecule has 24 heavy (non-hydrogen) atoms. The summed E-state index contributed by atoms with van der Waals surface area (Å²) in [6.07, 6.45) is 7.51. The van der Waals surface area contributed by atoms with Gasteiger partial charge in [0.05, 0.1) is 26.9 Å². The summed E-state index contributed by atoms with van der Waals surface area (Å²) in [5.74, 6) is 0.0990. The van der Waals surface area contributed by atoms with Crippen LogP contribution in [0.15, 0.2) is 17.1 Å². The maximum atomic E-state index is 11.2. The van der Waals surface area contributed by atoms with Crippen molar-refractivity contribution in [3.63, 3.8) is 0 Å². The molecule has 0 N–H and O–H groups in total. The molecular weight excluding hydrogens is 320 g/mol. The minimum absolute atomic E-state index is 0.0990. The van der Waals surface area contributed by atoms with E-state index in [-0.39, 0.29) is 5.92 Å². The second kappa shape index (κ2) is 7.57. The van der Waals surface area contributed by atoms with Crippen LogP contribution in [-0.4, -0.2) is 21.0 Å². The van der Waals surface area contributed by atoms with Gasteiger partial charge in [0.1, 0.15) is 0 Å². The van der Waals surface area contributed by atoms with Gasteiger partial charge in [0.2, 0.25) is 5.69 Å². The molecular formula is C14H16N4O6. The Hall–Kier alpha value is -2.91. The molecule has 0 atom stereocenters. The fraction of sp³-hybridized carbons (Fsp3) is 0.500. The molecule has 0 saturated heterocycles. The first-order valence-corrected chi connectivity index (χ1v) is 7.55. The Labute approximate surface area is 136 Å². The summed E-state index contributed by atoms with van der Waals surface area (Å²) in [5.41, 5.74) is -2.62. The van der Waals surface area contributed by atoms with Crippen LogP contribution in [0, 0.1) is 36.3 Å². The van der Waals surface area contributed by atoms with Gasteiger partial charge in [-0.15, -0.1) is 0 Å². The Morgan fingerprint density at radius 2 is 1.38 bits per heavy atom. The molecule has 10 nitrogen and oxygen atoms in total. The van der Waals surface area contributed by atoms with E-state index in [0.717, 1.165) is 38.5 Å². The minimum atomic E-state index is -0.904. The van der Waals surface area contributed by atoms with Crippen LogP contribution in [0.3, 0.4) is 0 Å². The summed E-state index contributed by atoms with van der Waals surface area (Å²) in [5, 5.41) is 33.2. The number of nitro groups is 3. The van der Waals surface area contributed by atoms with Gasteiger partial charge in [-0.05, 0) is 18.8 Å². The molecule has 1 aromatic carbocycles. The summed E-state index contributed by atoms with van der Waals surface area (Å²) < 4.78 is 0. The Balaban J connectivity index is 2.47. The van der Waals surface area contributed by atoms with Crippen molar-refractivity contribution in [2.75, 3.05) is 0 Å². The topological polar surface area (TPSA) is 142 Å². The Morgan fingerprint density at radius 1 is 0.875 bits per heavy atom. The number of benzene rings is 1. The molecule has 0 heterocycles. The number of non-ortho nitro benzene ring substituents is 1. The molecule has 1 aromatic rings. The Bertz CT molecular complexity index is 660. The lowest BCUT2D eigenvalue weighted by molar-refractivity contribution is -0.402. The van der Waals surface area contributed by atoms with E-state index in [0.29, 0.717) is 12.1 Å². The van der Waals surface area contributed by atoms with Gasteiger partial charge in [-0.25, -0.2) is 4.99 Å². The van der Waals surface area contributed by atoms with Gasteiger partial charge < -0.3 is 0 Å². The van der Waals surface area contributed by atoms with Crippen LogP contribution < -0.4 is 0 Å². The monoisotopic (exact) mass is 336 g/mol. The van der Waals surface area contributed by atoms with E-state index >= 15 is 0 Å². The number of rotatable bonds is 5. The molecule has 0 unspecified atom stereocenters. The third kappa shape index (κ3) is 4.09. The van der Waals surface area contributed by atoms with Crippen molar-refractivity contribution < 1.29 is 14.8 Å². The standard InChI is InChI=1S/C14H16N4O6/c19-16(20)11-7-12(17(21)22)14(13(8-11)18(23)24)15-9-10-5-3-1-2-4-6-10/h7-10H,1-6H2. The highest BCUT2D eigenvalue weighted by Gasteiger charge is 2.30. The average Bonchev–Trinajstić information content (AvgIpc) is 2.80. The summed E-state index contributed by atoms with van der Waals surface area (Å²) in [7, 11) is 0. The van der Waals surface area contributed by atoms with Gasteiger partial charge in [0.25, 0.3) is 5.69 Å². The Morgan fingerprint density at radius 3 is 1.79 bits per heavy atom. The molecule has 0 radical (unpaired) electrons. The fourth-order valence-corrected chi connectivity index (χ4v) is 2.75. The van der Waals surface area contributed by atoms with E-state index in [1.165, 1.54) is 6.21 Å². The predicted octanol–water partition coefficient (Wildman–Crippen LogP) is 4.08. The maximum Gasteiger partial charge on any atom is 0.308 e. The van der Waals surface area contributed by atoms with Crippen LogP contribution in [0.25, 0.3) is 0 Å². The third-order valence-electron chi connectivity index (χ3n) is 3.97. The molecule has 1 aliphatic rings. The number of hydrogen-bond donors (Lipinski definition) is 0. The number of hydrogen-bond acceptors (Lipinski definition) is 7. The first kappa shape index (κ1) is 17.4. The lowest BCUT2D eigenvalue weighted by atomic mass is 10.0.